The van der Waals surface area contributed by atoms with Crippen molar-refractivity contribution in [3.63, 3.8) is 0 Å². The number of β-amino-alcohol motifs (C(OH)–C–C–N with tert-alkyl or cyclic N) is 1. The van der Waals surface area contributed by atoms with Crippen LogP contribution in [0.25, 0.3) is 0 Å². The largest absolute Gasteiger partial charge is 0.471 e. The van der Waals surface area contributed by atoms with Gasteiger partial charge < -0.3 is 19.6 Å². The fraction of sp³-hybridized carbons (Fsp3) is 0.833. The molecule has 1 rings (SSSR count). The normalized spacial score (nSPS) is 21.0. The molecule has 0 bridgehead atoms. The average Bonchev–Trinajstić information content (AvgIpc) is 2.46. The number of alkyl halides is 3. The molecule has 0 aromatic rings. The molecule has 6 nitrogen and oxygen atoms in total. The van der Waals surface area contributed by atoms with Crippen LogP contribution in [0.15, 0.2) is 0 Å². The number of aliphatic hydroxyl groups excluding tert-OH is 1. The van der Waals surface area contributed by atoms with Crippen molar-refractivity contribution in [3.05, 3.63) is 0 Å². The minimum atomic E-state index is -5.00. The van der Waals surface area contributed by atoms with Gasteiger partial charge in [0.1, 0.15) is 5.60 Å². The molecule has 1 aliphatic heterocycles. The second-order valence-corrected chi connectivity index (χ2v) is 5.83. The quantitative estimate of drug-likeness (QED) is 0.724. The number of nitrogens with zero attached hydrogens (tertiary/aromatic N) is 2. The van der Waals surface area contributed by atoms with Crippen LogP contribution < -0.4 is 0 Å². The fourth-order valence-corrected chi connectivity index (χ4v) is 1.85. The summed E-state index contributed by atoms with van der Waals surface area (Å²) < 4.78 is 42.3. The summed E-state index contributed by atoms with van der Waals surface area (Å²) in [6, 6.07) is 0. The zero-order valence-corrected chi connectivity index (χ0v) is 12.1. The van der Waals surface area contributed by atoms with Gasteiger partial charge >= 0.3 is 18.2 Å². The average molecular weight is 312 g/mol. The zero-order valence-electron chi connectivity index (χ0n) is 12.1. The van der Waals surface area contributed by atoms with Gasteiger partial charge in [0.05, 0.1) is 12.6 Å². The Kier molecular flexibility index (Phi) is 5.08. The number of carbonyl (C=O) groups is 2. The van der Waals surface area contributed by atoms with E-state index in [1.807, 2.05) is 0 Å². The lowest BCUT2D eigenvalue weighted by Crippen LogP contribution is -2.45. The predicted octanol–water partition coefficient (Wildman–Crippen LogP) is 0.989. The first-order valence-corrected chi connectivity index (χ1v) is 6.42. The maximum atomic E-state index is 12.4. The molecule has 1 N–H and O–H groups in total. The highest BCUT2D eigenvalue weighted by Gasteiger charge is 2.44. The van der Waals surface area contributed by atoms with Gasteiger partial charge in [-0.25, -0.2) is 4.79 Å². The van der Waals surface area contributed by atoms with E-state index in [1.54, 1.807) is 20.8 Å². The van der Waals surface area contributed by atoms with Crippen LogP contribution >= 0.6 is 0 Å². The van der Waals surface area contributed by atoms with E-state index in [4.69, 9.17) is 4.74 Å². The van der Waals surface area contributed by atoms with Crippen molar-refractivity contribution in [1.29, 1.82) is 0 Å². The van der Waals surface area contributed by atoms with E-state index in [2.05, 4.69) is 0 Å². The molecule has 1 saturated heterocycles. The summed E-state index contributed by atoms with van der Waals surface area (Å²) in [5.74, 6) is -2.02. The van der Waals surface area contributed by atoms with Crippen molar-refractivity contribution in [2.75, 3.05) is 26.2 Å². The fourth-order valence-electron chi connectivity index (χ4n) is 1.85. The molecular formula is C12H19F3N2O4. The van der Waals surface area contributed by atoms with E-state index in [0.29, 0.717) is 4.90 Å². The Morgan fingerprint density at radius 1 is 1.10 bits per heavy atom. The summed E-state index contributed by atoms with van der Waals surface area (Å²) in [6.45, 7) is 3.85. The number of hydrogen-bond acceptors (Lipinski definition) is 4. The van der Waals surface area contributed by atoms with Gasteiger partial charge in [0.15, 0.2) is 0 Å². The van der Waals surface area contributed by atoms with Gasteiger partial charge in [-0.3, -0.25) is 4.79 Å². The second-order valence-electron chi connectivity index (χ2n) is 5.83. The van der Waals surface area contributed by atoms with E-state index in [1.165, 1.54) is 0 Å². The van der Waals surface area contributed by atoms with Crippen molar-refractivity contribution in [2.45, 2.75) is 38.7 Å². The second kappa shape index (κ2) is 6.08. The Labute approximate surface area is 120 Å². The van der Waals surface area contributed by atoms with Crippen LogP contribution in [-0.4, -0.2) is 71.0 Å². The topological polar surface area (TPSA) is 70.1 Å². The number of carbonyl (C=O) groups excluding carboxylic acids is 2. The highest BCUT2D eigenvalue weighted by molar-refractivity contribution is 5.82. The Hall–Kier alpha value is -1.51. The molecular weight excluding hydrogens is 293 g/mol. The van der Waals surface area contributed by atoms with Crippen molar-refractivity contribution < 1.29 is 32.6 Å². The third-order valence-corrected chi connectivity index (χ3v) is 2.68. The highest BCUT2D eigenvalue weighted by atomic mass is 19.4. The molecule has 1 fully saturated rings. The Bertz CT molecular complexity index is 406. The predicted molar refractivity (Wildman–Crippen MR) is 66.4 cm³/mol. The maximum Gasteiger partial charge on any atom is 0.471 e. The number of ether oxygens (including phenoxy) is 1. The summed E-state index contributed by atoms with van der Waals surface area (Å²) >= 11 is 0. The molecule has 0 aliphatic carbocycles. The van der Waals surface area contributed by atoms with Crippen molar-refractivity contribution in [3.8, 4) is 0 Å². The third-order valence-electron chi connectivity index (χ3n) is 2.68. The molecule has 0 saturated carbocycles. The first-order chi connectivity index (χ1) is 9.40. The zero-order chi connectivity index (χ0) is 16.4. The van der Waals surface area contributed by atoms with E-state index >= 15 is 0 Å². The van der Waals surface area contributed by atoms with Crippen LogP contribution in [0.4, 0.5) is 18.0 Å². The van der Waals surface area contributed by atoms with Crippen molar-refractivity contribution >= 4 is 12.0 Å². The molecule has 1 atom stereocenters. The van der Waals surface area contributed by atoms with E-state index in [9.17, 15) is 27.9 Å². The van der Waals surface area contributed by atoms with Crippen molar-refractivity contribution in [1.82, 2.24) is 9.80 Å². The Morgan fingerprint density at radius 3 is 2.05 bits per heavy atom. The molecule has 1 unspecified atom stereocenters. The van der Waals surface area contributed by atoms with Gasteiger partial charge in [-0.2, -0.15) is 13.2 Å². The van der Waals surface area contributed by atoms with Crippen LogP contribution in [-0.2, 0) is 9.53 Å². The lowest BCUT2D eigenvalue weighted by Gasteiger charge is -2.26. The molecule has 21 heavy (non-hydrogen) atoms. The molecule has 1 heterocycles. The maximum absolute atomic E-state index is 12.4. The van der Waals surface area contributed by atoms with E-state index in [0.717, 1.165) is 4.90 Å². The molecule has 1 aliphatic rings. The van der Waals surface area contributed by atoms with E-state index in [-0.39, 0.29) is 19.6 Å². The molecule has 0 spiro atoms. The number of halogens is 3. The number of rotatable bonds is 0. The number of amides is 2. The molecule has 9 heteroatoms. The minimum absolute atomic E-state index is 0.131. The first kappa shape index (κ1) is 17.5. The van der Waals surface area contributed by atoms with Crippen LogP contribution in [0.5, 0.6) is 0 Å². The van der Waals surface area contributed by atoms with Crippen LogP contribution in [0.3, 0.4) is 0 Å². The Balaban J connectivity index is 2.72. The first-order valence-electron chi connectivity index (χ1n) is 6.42. The Morgan fingerprint density at radius 2 is 1.57 bits per heavy atom. The summed E-state index contributed by atoms with van der Waals surface area (Å²) in [4.78, 5) is 24.6. The smallest absolute Gasteiger partial charge is 0.444 e. The summed E-state index contributed by atoms with van der Waals surface area (Å²) in [5.41, 5.74) is -0.754. The molecule has 0 radical (unpaired) electrons. The molecule has 122 valence electrons. The monoisotopic (exact) mass is 312 g/mol. The van der Waals surface area contributed by atoms with Gasteiger partial charge in [0.2, 0.25) is 0 Å². The summed E-state index contributed by atoms with van der Waals surface area (Å²) in [5, 5.41) is 9.68. The van der Waals surface area contributed by atoms with Gasteiger partial charge in [-0.1, -0.05) is 0 Å². The SMILES string of the molecule is CC(C)(C)OC(=O)N1CCN(C(=O)C(F)(F)F)CC(O)C1. The van der Waals surface area contributed by atoms with E-state index < -0.39 is 36.4 Å². The van der Waals surface area contributed by atoms with Gasteiger partial charge in [0.25, 0.3) is 0 Å². The summed E-state index contributed by atoms with van der Waals surface area (Å²) in [7, 11) is 0. The molecule has 2 amide bonds. The van der Waals surface area contributed by atoms with Gasteiger partial charge in [-0.05, 0) is 20.8 Å². The lowest BCUT2D eigenvalue weighted by atomic mass is 10.2. The standard InChI is InChI=1S/C12H19F3N2O4/c1-11(2,3)21-10(20)17-5-4-16(6-8(18)7-17)9(19)12(13,14)15/h8,18H,4-7H2,1-3H3. The van der Waals surface area contributed by atoms with Gasteiger partial charge in [0, 0.05) is 19.6 Å². The lowest BCUT2D eigenvalue weighted by molar-refractivity contribution is -0.186. The summed E-state index contributed by atoms with van der Waals surface area (Å²) in [6.07, 6.45) is -6.99. The van der Waals surface area contributed by atoms with Gasteiger partial charge in [-0.15, -0.1) is 0 Å². The third kappa shape index (κ3) is 5.41. The number of aliphatic hydroxyl groups is 1. The van der Waals surface area contributed by atoms with Crippen LogP contribution in [0.2, 0.25) is 0 Å². The highest BCUT2D eigenvalue weighted by Crippen LogP contribution is 2.20. The number of hydrogen-bond donors (Lipinski definition) is 1. The molecule has 0 aromatic heterocycles. The van der Waals surface area contributed by atoms with Crippen molar-refractivity contribution in [2.24, 2.45) is 0 Å². The van der Waals surface area contributed by atoms with Crippen LogP contribution in [0, 0.1) is 0 Å². The minimum Gasteiger partial charge on any atom is -0.444 e. The molecule has 0 aromatic carbocycles. The van der Waals surface area contributed by atoms with Crippen LogP contribution in [0.1, 0.15) is 20.8 Å².